The lowest BCUT2D eigenvalue weighted by molar-refractivity contribution is -0.393. The van der Waals surface area contributed by atoms with Crippen molar-refractivity contribution in [3.05, 3.63) is 106 Å². The fourth-order valence-electron chi connectivity index (χ4n) is 3.47. The molecule has 0 radical (unpaired) electrons. The van der Waals surface area contributed by atoms with Crippen LogP contribution in [0.25, 0.3) is 22.8 Å². The highest BCUT2D eigenvalue weighted by Crippen LogP contribution is 2.51. The summed E-state index contributed by atoms with van der Waals surface area (Å²) in [5.74, 6) is 0. The van der Waals surface area contributed by atoms with Crippen LogP contribution in [0.2, 0.25) is 0 Å². The van der Waals surface area contributed by atoms with Gasteiger partial charge in [0, 0.05) is 28.2 Å². The standard InChI is InChI=1S/C20H10BrN3O6/c21-12-3-1-11(2-4-12)7-16-17-8-13(22(25)26)5-6-15(17)20-18(16)9-14(23(27)28)10-19(20)24(29)30/h1-10H/b16-7+. The molecule has 0 saturated heterocycles. The minimum Gasteiger partial charge on any atom is -0.258 e. The number of benzene rings is 3. The maximum absolute atomic E-state index is 11.7. The first-order chi connectivity index (χ1) is 14.3. The summed E-state index contributed by atoms with van der Waals surface area (Å²) in [4.78, 5) is 32.4. The quantitative estimate of drug-likeness (QED) is 0.277. The van der Waals surface area contributed by atoms with Crippen LogP contribution in [0.1, 0.15) is 16.7 Å². The Labute approximate surface area is 176 Å². The predicted octanol–water partition coefficient (Wildman–Crippen LogP) is 5.74. The minimum atomic E-state index is -0.698. The second-order valence-corrected chi connectivity index (χ2v) is 7.41. The largest absolute Gasteiger partial charge is 0.284 e. The van der Waals surface area contributed by atoms with Crippen molar-refractivity contribution in [1.29, 1.82) is 0 Å². The van der Waals surface area contributed by atoms with E-state index in [0.29, 0.717) is 16.7 Å². The van der Waals surface area contributed by atoms with Gasteiger partial charge < -0.3 is 0 Å². The van der Waals surface area contributed by atoms with E-state index in [4.69, 9.17) is 0 Å². The van der Waals surface area contributed by atoms with E-state index in [1.807, 2.05) is 0 Å². The highest BCUT2D eigenvalue weighted by atomic mass is 79.9. The third kappa shape index (κ3) is 3.22. The topological polar surface area (TPSA) is 129 Å². The number of hydrogen-bond acceptors (Lipinski definition) is 6. The molecule has 1 aliphatic carbocycles. The molecule has 0 spiro atoms. The monoisotopic (exact) mass is 467 g/mol. The van der Waals surface area contributed by atoms with Gasteiger partial charge in [-0.15, -0.1) is 0 Å². The zero-order valence-electron chi connectivity index (χ0n) is 14.9. The van der Waals surface area contributed by atoms with Gasteiger partial charge in [-0.05, 0) is 46.5 Å². The molecule has 9 nitrogen and oxygen atoms in total. The number of non-ortho nitro benzene ring substituents is 2. The molecule has 4 rings (SSSR count). The van der Waals surface area contributed by atoms with Crippen molar-refractivity contribution in [2.24, 2.45) is 0 Å². The van der Waals surface area contributed by atoms with E-state index in [1.54, 1.807) is 30.3 Å². The molecule has 0 bridgehead atoms. The van der Waals surface area contributed by atoms with Crippen LogP contribution < -0.4 is 0 Å². The van der Waals surface area contributed by atoms with E-state index in [-0.39, 0.29) is 16.8 Å². The van der Waals surface area contributed by atoms with Crippen molar-refractivity contribution >= 4 is 44.6 Å². The Balaban J connectivity index is 2.07. The van der Waals surface area contributed by atoms with Crippen LogP contribution in [-0.4, -0.2) is 14.8 Å². The third-order valence-electron chi connectivity index (χ3n) is 4.75. The van der Waals surface area contributed by atoms with Crippen LogP contribution in [-0.2, 0) is 0 Å². The molecule has 3 aromatic carbocycles. The molecule has 1 aliphatic rings. The fraction of sp³-hybridized carbons (Fsp3) is 0. The number of nitro groups is 3. The highest BCUT2D eigenvalue weighted by molar-refractivity contribution is 9.10. The Morgan fingerprint density at radius 3 is 1.93 bits per heavy atom. The molecule has 3 aromatic rings. The molecule has 0 aromatic heterocycles. The number of nitro benzene ring substituents is 3. The smallest absolute Gasteiger partial charge is 0.258 e. The molecule has 0 saturated carbocycles. The van der Waals surface area contributed by atoms with Gasteiger partial charge in [0.2, 0.25) is 0 Å². The van der Waals surface area contributed by atoms with E-state index in [1.165, 1.54) is 24.3 Å². The van der Waals surface area contributed by atoms with E-state index >= 15 is 0 Å². The molecule has 0 heterocycles. The van der Waals surface area contributed by atoms with Crippen LogP contribution in [0.3, 0.4) is 0 Å². The van der Waals surface area contributed by atoms with Crippen LogP contribution in [0.4, 0.5) is 17.1 Å². The summed E-state index contributed by atoms with van der Waals surface area (Å²) in [5.41, 5.74) is 1.46. The Bertz CT molecular complexity index is 1280. The number of halogens is 1. The summed E-state index contributed by atoms with van der Waals surface area (Å²) in [6, 6.07) is 13.4. The Hall–Kier alpha value is -3.92. The van der Waals surface area contributed by atoms with Crippen molar-refractivity contribution in [3.63, 3.8) is 0 Å². The summed E-state index contributed by atoms with van der Waals surface area (Å²) >= 11 is 3.34. The molecular formula is C20H10BrN3O6. The molecule has 0 unspecified atom stereocenters. The summed E-state index contributed by atoms with van der Waals surface area (Å²) in [7, 11) is 0. The number of hydrogen-bond donors (Lipinski definition) is 0. The van der Waals surface area contributed by atoms with Gasteiger partial charge in [-0.1, -0.05) is 28.1 Å². The second kappa shape index (κ2) is 7.16. The first-order valence-corrected chi connectivity index (χ1v) is 9.29. The molecule has 0 aliphatic heterocycles. The average Bonchev–Trinajstić information content (AvgIpc) is 3.01. The van der Waals surface area contributed by atoms with Crippen molar-refractivity contribution in [2.75, 3.05) is 0 Å². The highest BCUT2D eigenvalue weighted by Gasteiger charge is 2.34. The van der Waals surface area contributed by atoms with E-state index in [2.05, 4.69) is 15.9 Å². The minimum absolute atomic E-state index is 0.180. The first-order valence-electron chi connectivity index (χ1n) is 8.50. The lowest BCUT2D eigenvalue weighted by Crippen LogP contribution is -1.96. The van der Waals surface area contributed by atoms with Crippen molar-refractivity contribution in [2.45, 2.75) is 0 Å². The summed E-state index contributed by atoms with van der Waals surface area (Å²) in [6.45, 7) is 0. The van der Waals surface area contributed by atoms with Gasteiger partial charge in [0.15, 0.2) is 0 Å². The number of fused-ring (bicyclic) bond motifs is 3. The molecule has 30 heavy (non-hydrogen) atoms. The van der Waals surface area contributed by atoms with Crippen LogP contribution in [0.5, 0.6) is 0 Å². The number of rotatable bonds is 4. The van der Waals surface area contributed by atoms with Crippen molar-refractivity contribution < 1.29 is 14.8 Å². The van der Waals surface area contributed by atoms with Gasteiger partial charge in [-0.25, -0.2) is 0 Å². The second-order valence-electron chi connectivity index (χ2n) is 6.50. The van der Waals surface area contributed by atoms with E-state index in [9.17, 15) is 30.3 Å². The maximum atomic E-state index is 11.7. The van der Waals surface area contributed by atoms with Gasteiger partial charge in [0.05, 0.1) is 26.4 Å². The molecule has 0 N–H and O–H groups in total. The lowest BCUT2D eigenvalue weighted by Gasteiger charge is -2.04. The fourth-order valence-corrected chi connectivity index (χ4v) is 3.73. The summed E-state index contributed by atoms with van der Waals surface area (Å²) < 4.78 is 0.846. The summed E-state index contributed by atoms with van der Waals surface area (Å²) in [5, 5.41) is 34.3. The molecule has 0 atom stereocenters. The SMILES string of the molecule is O=[N+]([O-])c1ccc2c(c1)/C(=C\c1ccc(Br)cc1)c1cc([N+](=O)[O-])cc([N+](=O)[O-])c1-2. The average molecular weight is 468 g/mol. The molecule has 10 heteroatoms. The van der Waals surface area contributed by atoms with Gasteiger partial charge in [-0.3, -0.25) is 30.3 Å². The predicted molar refractivity (Wildman–Crippen MR) is 113 cm³/mol. The van der Waals surface area contributed by atoms with Gasteiger partial charge in [0.25, 0.3) is 17.1 Å². The Morgan fingerprint density at radius 2 is 1.33 bits per heavy atom. The zero-order chi connectivity index (χ0) is 21.6. The maximum Gasteiger partial charge on any atom is 0.284 e. The zero-order valence-corrected chi connectivity index (χ0v) is 16.5. The van der Waals surface area contributed by atoms with Crippen molar-refractivity contribution in [1.82, 2.24) is 0 Å². The van der Waals surface area contributed by atoms with E-state index < -0.39 is 26.1 Å². The van der Waals surface area contributed by atoms with Crippen molar-refractivity contribution in [3.8, 4) is 11.1 Å². The lowest BCUT2D eigenvalue weighted by atomic mass is 10.00. The Kier molecular flexibility index (Phi) is 4.63. The third-order valence-corrected chi connectivity index (χ3v) is 5.28. The van der Waals surface area contributed by atoms with Gasteiger partial charge in [-0.2, -0.15) is 0 Å². The van der Waals surface area contributed by atoms with Crippen LogP contribution >= 0.6 is 15.9 Å². The molecule has 0 fully saturated rings. The van der Waals surface area contributed by atoms with Gasteiger partial charge >= 0.3 is 0 Å². The number of nitrogens with zero attached hydrogens (tertiary/aromatic N) is 3. The Morgan fingerprint density at radius 1 is 0.700 bits per heavy atom. The van der Waals surface area contributed by atoms with Gasteiger partial charge in [0.1, 0.15) is 0 Å². The van der Waals surface area contributed by atoms with Crippen LogP contribution in [0, 0.1) is 30.3 Å². The molecule has 148 valence electrons. The first kappa shape index (κ1) is 19.4. The normalized spacial score (nSPS) is 13.0. The van der Waals surface area contributed by atoms with Crippen LogP contribution in [0.15, 0.2) is 59.1 Å². The molecule has 0 amide bonds. The van der Waals surface area contributed by atoms with E-state index in [0.717, 1.165) is 16.1 Å². The molecular weight excluding hydrogens is 458 g/mol. The summed E-state index contributed by atoms with van der Waals surface area (Å²) in [6.07, 6.45) is 1.70.